The van der Waals surface area contributed by atoms with Gasteiger partial charge in [0, 0.05) is 19.6 Å². The van der Waals surface area contributed by atoms with Crippen LogP contribution >= 0.6 is 0 Å². The van der Waals surface area contributed by atoms with Crippen LogP contribution < -0.4 is 11.1 Å². The Labute approximate surface area is 73.1 Å². The highest BCUT2D eigenvalue weighted by Crippen LogP contribution is 1.98. The van der Waals surface area contributed by atoms with Crippen LogP contribution in [-0.2, 0) is 4.79 Å². The number of nitrogens with zero attached hydrogens (tertiary/aromatic N) is 1. The second kappa shape index (κ2) is 5.11. The molecule has 1 aliphatic rings. The minimum absolute atomic E-state index is 0.194. The first-order chi connectivity index (χ1) is 5.79. The van der Waals surface area contributed by atoms with Crippen LogP contribution in [0.1, 0.15) is 19.3 Å². The summed E-state index contributed by atoms with van der Waals surface area (Å²) in [5.74, 6) is -0.194. The van der Waals surface area contributed by atoms with Crippen LogP contribution in [0.2, 0.25) is 0 Å². The summed E-state index contributed by atoms with van der Waals surface area (Å²) in [6.45, 7) is 4.20. The summed E-state index contributed by atoms with van der Waals surface area (Å²) in [6.07, 6.45) is 2.60. The number of rotatable bonds is 4. The molecule has 0 aliphatic carbocycles. The summed E-state index contributed by atoms with van der Waals surface area (Å²) in [4.78, 5) is 12.7. The van der Waals surface area contributed by atoms with Gasteiger partial charge in [-0.1, -0.05) is 0 Å². The van der Waals surface area contributed by atoms with E-state index in [1.54, 1.807) is 0 Å². The van der Waals surface area contributed by atoms with E-state index in [-0.39, 0.29) is 5.91 Å². The molecule has 0 radical (unpaired) electrons. The van der Waals surface area contributed by atoms with E-state index in [1.165, 1.54) is 6.42 Å². The number of carbonyl (C=O) groups excluding carboxylic acids is 1. The molecule has 1 saturated heterocycles. The molecule has 0 unspecified atom stereocenters. The monoisotopic (exact) mass is 171 g/mol. The largest absolute Gasteiger partial charge is 0.370 e. The molecule has 4 nitrogen and oxygen atoms in total. The second-order valence-electron chi connectivity index (χ2n) is 3.20. The maximum Gasteiger partial charge on any atom is 0.217 e. The third-order valence-corrected chi connectivity index (χ3v) is 2.06. The quantitative estimate of drug-likeness (QED) is 0.600. The number of hydrogen-bond donors (Lipinski definition) is 2. The zero-order chi connectivity index (χ0) is 8.81. The third kappa shape index (κ3) is 3.69. The fourth-order valence-corrected chi connectivity index (χ4v) is 1.41. The zero-order valence-corrected chi connectivity index (χ0v) is 7.38. The maximum atomic E-state index is 10.4. The van der Waals surface area contributed by atoms with Crippen LogP contribution in [0.4, 0.5) is 0 Å². The lowest BCUT2D eigenvalue weighted by molar-refractivity contribution is -0.118. The van der Waals surface area contributed by atoms with Gasteiger partial charge in [-0.3, -0.25) is 9.69 Å². The van der Waals surface area contributed by atoms with Crippen molar-refractivity contribution < 1.29 is 4.79 Å². The average Bonchev–Trinajstić information content (AvgIpc) is 2.05. The lowest BCUT2D eigenvalue weighted by Crippen LogP contribution is -2.42. The molecule has 70 valence electrons. The molecule has 0 saturated carbocycles. The molecule has 12 heavy (non-hydrogen) atoms. The Kier molecular flexibility index (Phi) is 4.04. The van der Waals surface area contributed by atoms with Crippen molar-refractivity contribution in [3.8, 4) is 0 Å². The Bertz CT molecular complexity index is 143. The first kappa shape index (κ1) is 9.48. The number of nitrogens with two attached hydrogens (primary N) is 1. The molecular formula is C8H17N3O. The van der Waals surface area contributed by atoms with Gasteiger partial charge in [0.15, 0.2) is 0 Å². The molecule has 3 N–H and O–H groups in total. The van der Waals surface area contributed by atoms with Gasteiger partial charge >= 0.3 is 0 Å². The minimum Gasteiger partial charge on any atom is -0.370 e. The van der Waals surface area contributed by atoms with E-state index in [2.05, 4.69) is 10.2 Å². The lowest BCUT2D eigenvalue weighted by Gasteiger charge is -2.26. The summed E-state index contributed by atoms with van der Waals surface area (Å²) < 4.78 is 0. The lowest BCUT2D eigenvalue weighted by atomic mass is 10.2. The molecule has 0 aromatic carbocycles. The molecule has 1 heterocycles. The van der Waals surface area contributed by atoms with Crippen molar-refractivity contribution >= 4 is 5.91 Å². The molecule has 0 bridgehead atoms. The maximum absolute atomic E-state index is 10.4. The van der Waals surface area contributed by atoms with Gasteiger partial charge in [0.1, 0.15) is 0 Å². The van der Waals surface area contributed by atoms with E-state index in [0.717, 1.165) is 32.7 Å². The van der Waals surface area contributed by atoms with E-state index in [0.29, 0.717) is 6.42 Å². The number of amides is 1. The topological polar surface area (TPSA) is 58.4 Å². The summed E-state index contributed by atoms with van der Waals surface area (Å²) >= 11 is 0. The highest BCUT2D eigenvalue weighted by molar-refractivity contribution is 5.73. The van der Waals surface area contributed by atoms with E-state index >= 15 is 0 Å². The molecule has 1 fully saturated rings. The molecule has 0 spiro atoms. The standard InChI is InChI=1S/C8H17N3O/c9-8(12)3-1-5-11-6-2-4-10-7-11/h10H,1-7H2,(H2,9,12). The van der Waals surface area contributed by atoms with E-state index < -0.39 is 0 Å². The molecule has 4 heteroatoms. The van der Waals surface area contributed by atoms with Crippen molar-refractivity contribution in [1.82, 2.24) is 10.2 Å². The molecule has 1 aliphatic heterocycles. The first-order valence-corrected chi connectivity index (χ1v) is 4.50. The molecule has 0 aromatic heterocycles. The Balaban J connectivity index is 2.01. The normalized spacial score (nSPS) is 19.3. The molecular weight excluding hydrogens is 154 g/mol. The van der Waals surface area contributed by atoms with Crippen molar-refractivity contribution in [2.75, 3.05) is 26.3 Å². The van der Waals surface area contributed by atoms with Crippen LogP contribution in [0.5, 0.6) is 0 Å². The number of nitrogens with one attached hydrogen (secondary N) is 1. The summed E-state index contributed by atoms with van der Waals surface area (Å²) in [5.41, 5.74) is 5.03. The Morgan fingerprint density at radius 2 is 2.42 bits per heavy atom. The highest BCUT2D eigenvalue weighted by atomic mass is 16.1. The Morgan fingerprint density at radius 1 is 1.58 bits per heavy atom. The molecule has 0 atom stereocenters. The predicted molar refractivity (Wildman–Crippen MR) is 47.5 cm³/mol. The van der Waals surface area contributed by atoms with Gasteiger partial charge in [0.05, 0.1) is 0 Å². The minimum atomic E-state index is -0.194. The Morgan fingerprint density at radius 3 is 3.00 bits per heavy atom. The van der Waals surface area contributed by atoms with Crippen molar-refractivity contribution in [3.63, 3.8) is 0 Å². The smallest absolute Gasteiger partial charge is 0.217 e. The van der Waals surface area contributed by atoms with Gasteiger partial charge < -0.3 is 11.1 Å². The van der Waals surface area contributed by atoms with Gasteiger partial charge in [-0.25, -0.2) is 0 Å². The number of hydrogen-bond acceptors (Lipinski definition) is 3. The number of carbonyl (C=O) groups is 1. The Hall–Kier alpha value is -0.610. The summed E-state index contributed by atoms with van der Waals surface area (Å²) in [6, 6.07) is 0. The van der Waals surface area contributed by atoms with Crippen LogP contribution in [0.25, 0.3) is 0 Å². The van der Waals surface area contributed by atoms with Gasteiger partial charge in [-0.05, 0) is 25.9 Å². The van der Waals surface area contributed by atoms with Gasteiger partial charge in [0.2, 0.25) is 5.91 Å². The summed E-state index contributed by atoms with van der Waals surface area (Å²) in [5, 5.41) is 3.28. The van der Waals surface area contributed by atoms with Gasteiger partial charge in [-0.15, -0.1) is 0 Å². The third-order valence-electron chi connectivity index (χ3n) is 2.06. The molecule has 1 rings (SSSR count). The number of primary amides is 1. The van der Waals surface area contributed by atoms with E-state index in [1.807, 2.05) is 0 Å². The van der Waals surface area contributed by atoms with Crippen LogP contribution in [-0.4, -0.2) is 37.1 Å². The predicted octanol–water partition coefficient (Wildman–Crippen LogP) is -0.495. The van der Waals surface area contributed by atoms with Crippen LogP contribution in [0.15, 0.2) is 0 Å². The molecule has 1 amide bonds. The van der Waals surface area contributed by atoms with Gasteiger partial charge in [-0.2, -0.15) is 0 Å². The van der Waals surface area contributed by atoms with E-state index in [4.69, 9.17) is 5.73 Å². The SMILES string of the molecule is NC(=O)CCCN1CCCNC1. The highest BCUT2D eigenvalue weighted by Gasteiger charge is 2.08. The second-order valence-corrected chi connectivity index (χ2v) is 3.20. The van der Waals surface area contributed by atoms with E-state index in [9.17, 15) is 4.79 Å². The van der Waals surface area contributed by atoms with Crippen molar-refractivity contribution in [1.29, 1.82) is 0 Å². The van der Waals surface area contributed by atoms with Crippen molar-refractivity contribution in [3.05, 3.63) is 0 Å². The van der Waals surface area contributed by atoms with Crippen LogP contribution in [0, 0.1) is 0 Å². The fourth-order valence-electron chi connectivity index (χ4n) is 1.41. The molecule has 0 aromatic rings. The van der Waals surface area contributed by atoms with Crippen molar-refractivity contribution in [2.24, 2.45) is 5.73 Å². The van der Waals surface area contributed by atoms with Gasteiger partial charge in [0.25, 0.3) is 0 Å². The average molecular weight is 171 g/mol. The zero-order valence-electron chi connectivity index (χ0n) is 7.38. The van der Waals surface area contributed by atoms with Crippen molar-refractivity contribution in [2.45, 2.75) is 19.3 Å². The fraction of sp³-hybridized carbons (Fsp3) is 0.875. The first-order valence-electron chi connectivity index (χ1n) is 4.50. The van der Waals surface area contributed by atoms with Crippen LogP contribution in [0.3, 0.4) is 0 Å². The summed E-state index contributed by atoms with van der Waals surface area (Å²) in [7, 11) is 0.